The molecule has 1 aromatic rings. The summed E-state index contributed by atoms with van der Waals surface area (Å²) in [5.41, 5.74) is 0. The van der Waals surface area contributed by atoms with E-state index >= 15 is 0 Å². The number of hydrogen-bond acceptors (Lipinski definition) is 2. The highest BCUT2D eigenvalue weighted by Gasteiger charge is 2.26. The fourth-order valence-electron chi connectivity index (χ4n) is 2.81. The third-order valence-corrected chi connectivity index (χ3v) is 5.54. The van der Waals surface area contributed by atoms with Crippen molar-refractivity contribution in [3.63, 3.8) is 0 Å². The van der Waals surface area contributed by atoms with Gasteiger partial charge in [0, 0.05) is 22.3 Å². The Morgan fingerprint density at radius 2 is 2.00 bits per heavy atom. The summed E-state index contributed by atoms with van der Waals surface area (Å²) in [6.45, 7) is 8.10. The Bertz CT molecular complexity index is 344. The highest BCUT2D eigenvalue weighted by Crippen LogP contribution is 2.29. The molecule has 2 rings (SSSR count). The third kappa shape index (κ3) is 3.32. The summed E-state index contributed by atoms with van der Waals surface area (Å²) in [5.74, 6) is 1.71. The second-order valence-electron chi connectivity index (χ2n) is 5.48. The minimum absolute atomic E-state index is 0.728. The van der Waals surface area contributed by atoms with Crippen LogP contribution < -0.4 is 5.32 Å². The molecule has 0 aliphatic heterocycles. The Hall–Kier alpha value is -0.340. The average molecular weight is 251 g/mol. The van der Waals surface area contributed by atoms with Crippen molar-refractivity contribution in [3.8, 4) is 0 Å². The molecule has 1 aromatic heterocycles. The molecule has 2 heteroatoms. The fourth-order valence-corrected chi connectivity index (χ4v) is 3.72. The molecule has 1 N–H and O–H groups in total. The Morgan fingerprint density at radius 3 is 2.71 bits per heavy atom. The van der Waals surface area contributed by atoms with Crippen molar-refractivity contribution in [2.45, 2.75) is 59.0 Å². The first-order valence-corrected chi connectivity index (χ1v) is 7.83. The summed E-state index contributed by atoms with van der Waals surface area (Å²) in [5, 5.41) is 3.77. The van der Waals surface area contributed by atoms with Crippen LogP contribution in [-0.2, 0) is 13.0 Å². The number of hydrogen-bond donors (Lipinski definition) is 1. The monoisotopic (exact) mass is 251 g/mol. The lowest BCUT2D eigenvalue weighted by Crippen LogP contribution is -2.40. The molecule has 1 heterocycles. The first-order valence-electron chi connectivity index (χ1n) is 7.01. The summed E-state index contributed by atoms with van der Waals surface area (Å²) in [4.78, 5) is 3.00. The number of nitrogens with one attached hydrogen (secondary N) is 1. The maximum Gasteiger partial charge on any atom is 0.0302 e. The average Bonchev–Trinajstić information content (AvgIpc) is 2.79. The number of rotatable bonds is 4. The predicted octanol–water partition coefficient (Wildman–Crippen LogP) is 4.22. The fraction of sp³-hybridized carbons (Fsp3) is 0.733. The van der Waals surface area contributed by atoms with Crippen LogP contribution in [0.25, 0.3) is 0 Å². The molecule has 1 saturated carbocycles. The summed E-state index contributed by atoms with van der Waals surface area (Å²) in [6.07, 6.45) is 5.34. The topological polar surface area (TPSA) is 12.0 Å². The van der Waals surface area contributed by atoms with E-state index in [1.165, 1.54) is 35.4 Å². The van der Waals surface area contributed by atoms with E-state index in [2.05, 4.69) is 38.2 Å². The van der Waals surface area contributed by atoms with E-state index in [1.54, 1.807) is 0 Å². The lowest BCUT2D eigenvalue weighted by molar-refractivity contribution is 0.206. The molecule has 17 heavy (non-hydrogen) atoms. The maximum absolute atomic E-state index is 3.77. The minimum Gasteiger partial charge on any atom is -0.309 e. The zero-order valence-corrected chi connectivity index (χ0v) is 12.1. The molecule has 1 aliphatic carbocycles. The van der Waals surface area contributed by atoms with Crippen molar-refractivity contribution in [1.82, 2.24) is 5.32 Å². The van der Waals surface area contributed by atoms with Gasteiger partial charge in [0.2, 0.25) is 0 Å². The molecule has 0 saturated heterocycles. The van der Waals surface area contributed by atoms with Gasteiger partial charge in [-0.25, -0.2) is 0 Å². The van der Waals surface area contributed by atoms with Gasteiger partial charge in [-0.3, -0.25) is 0 Å². The van der Waals surface area contributed by atoms with Crippen LogP contribution in [0.5, 0.6) is 0 Å². The molecule has 0 amide bonds. The first-order chi connectivity index (χ1) is 8.20. The van der Waals surface area contributed by atoms with Gasteiger partial charge < -0.3 is 5.32 Å². The van der Waals surface area contributed by atoms with Crippen molar-refractivity contribution >= 4 is 11.3 Å². The van der Waals surface area contributed by atoms with Crippen molar-refractivity contribution in [2.24, 2.45) is 11.8 Å². The second kappa shape index (κ2) is 6.01. The molecule has 1 aliphatic rings. The first kappa shape index (κ1) is 13.1. The van der Waals surface area contributed by atoms with E-state index in [4.69, 9.17) is 0 Å². The molecule has 0 radical (unpaired) electrons. The number of aryl methyl sites for hydroxylation is 1. The van der Waals surface area contributed by atoms with E-state index in [-0.39, 0.29) is 0 Å². The van der Waals surface area contributed by atoms with Gasteiger partial charge in [0.15, 0.2) is 0 Å². The quantitative estimate of drug-likeness (QED) is 0.844. The lowest BCUT2D eigenvalue weighted by atomic mass is 9.78. The van der Waals surface area contributed by atoms with E-state index in [0.717, 1.165) is 24.4 Å². The van der Waals surface area contributed by atoms with Gasteiger partial charge in [0.25, 0.3) is 0 Å². The van der Waals surface area contributed by atoms with Crippen LogP contribution in [0.4, 0.5) is 0 Å². The second-order valence-corrected chi connectivity index (χ2v) is 6.73. The number of thiophene rings is 1. The van der Waals surface area contributed by atoms with Crippen LogP contribution in [0.15, 0.2) is 12.1 Å². The molecule has 3 unspecified atom stereocenters. The van der Waals surface area contributed by atoms with Crippen LogP contribution in [0.1, 0.15) is 49.8 Å². The van der Waals surface area contributed by atoms with Crippen LogP contribution in [0, 0.1) is 11.8 Å². The third-order valence-electron chi connectivity index (χ3n) is 4.31. The minimum atomic E-state index is 0.728. The molecule has 3 atom stereocenters. The summed E-state index contributed by atoms with van der Waals surface area (Å²) < 4.78 is 0. The maximum atomic E-state index is 3.77. The van der Waals surface area contributed by atoms with Crippen LogP contribution in [0.3, 0.4) is 0 Å². The van der Waals surface area contributed by atoms with Crippen molar-refractivity contribution in [1.29, 1.82) is 0 Å². The van der Waals surface area contributed by atoms with E-state index in [1.807, 2.05) is 11.3 Å². The van der Waals surface area contributed by atoms with E-state index in [0.29, 0.717) is 0 Å². The van der Waals surface area contributed by atoms with Gasteiger partial charge >= 0.3 is 0 Å². The Morgan fingerprint density at radius 1 is 1.24 bits per heavy atom. The zero-order chi connectivity index (χ0) is 12.3. The molecule has 1 fully saturated rings. The molecule has 1 nitrogen and oxygen atoms in total. The molecule has 0 aromatic carbocycles. The standard InChI is InChI=1S/C15H25NS/c1-4-13-8-9-14(17-13)10-16-15-7-5-6-11(2)12(15)3/h8-9,11-12,15-16H,4-7,10H2,1-3H3. The normalized spacial score (nSPS) is 29.5. The van der Waals surface area contributed by atoms with Gasteiger partial charge in [-0.05, 0) is 36.8 Å². The molecular weight excluding hydrogens is 226 g/mol. The van der Waals surface area contributed by atoms with Gasteiger partial charge in [-0.2, -0.15) is 0 Å². The van der Waals surface area contributed by atoms with Crippen LogP contribution in [0.2, 0.25) is 0 Å². The van der Waals surface area contributed by atoms with Gasteiger partial charge in [0.05, 0.1) is 0 Å². The lowest BCUT2D eigenvalue weighted by Gasteiger charge is -2.34. The van der Waals surface area contributed by atoms with Crippen LogP contribution in [-0.4, -0.2) is 6.04 Å². The van der Waals surface area contributed by atoms with Crippen LogP contribution >= 0.6 is 11.3 Å². The van der Waals surface area contributed by atoms with Gasteiger partial charge in [-0.15, -0.1) is 11.3 Å². The summed E-state index contributed by atoms with van der Waals surface area (Å²) >= 11 is 1.96. The Balaban J connectivity index is 1.84. The Labute approximate surface area is 110 Å². The molecule has 0 spiro atoms. The van der Waals surface area contributed by atoms with E-state index < -0.39 is 0 Å². The SMILES string of the molecule is CCc1ccc(CNC2CCCC(C)C2C)s1. The van der Waals surface area contributed by atoms with E-state index in [9.17, 15) is 0 Å². The zero-order valence-electron chi connectivity index (χ0n) is 11.3. The largest absolute Gasteiger partial charge is 0.309 e. The van der Waals surface area contributed by atoms with Gasteiger partial charge in [0.1, 0.15) is 0 Å². The molecule has 96 valence electrons. The molecule has 0 bridgehead atoms. The predicted molar refractivity (Wildman–Crippen MR) is 76.5 cm³/mol. The highest BCUT2D eigenvalue weighted by atomic mass is 32.1. The van der Waals surface area contributed by atoms with Crippen molar-refractivity contribution in [2.75, 3.05) is 0 Å². The summed E-state index contributed by atoms with van der Waals surface area (Å²) in [6, 6.07) is 5.29. The molecular formula is C15H25NS. The highest BCUT2D eigenvalue weighted by molar-refractivity contribution is 7.11. The van der Waals surface area contributed by atoms with Crippen molar-refractivity contribution < 1.29 is 0 Å². The Kier molecular flexibility index (Phi) is 4.63. The van der Waals surface area contributed by atoms with Gasteiger partial charge in [-0.1, -0.05) is 33.6 Å². The smallest absolute Gasteiger partial charge is 0.0302 e. The van der Waals surface area contributed by atoms with Crippen molar-refractivity contribution in [3.05, 3.63) is 21.9 Å². The summed E-state index contributed by atoms with van der Waals surface area (Å²) in [7, 11) is 0.